The molecule has 1 unspecified atom stereocenters. The molecule has 0 saturated carbocycles. The molecule has 0 saturated heterocycles. The second kappa shape index (κ2) is 6.87. The van der Waals surface area contributed by atoms with Gasteiger partial charge in [-0.2, -0.15) is 0 Å². The van der Waals surface area contributed by atoms with E-state index in [-0.39, 0.29) is 18.5 Å². The topological polar surface area (TPSA) is 78.7 Å². The summed E-state index contributed by atoms with van der Waals surface area (Å²) in [6.07, 6.45) is 0.233. The summed E-state index contributed by atoms with van der Waals surface area (Å²) in [5.74, 6) is 0.292. The molecule has 1 rings (SSSR count). The summed E-state index contributed by atoms with van der Waals surface area (Å²) >= 11 is 3.17. The maximum Gasteiger partial charge on any atom is 0.378 e. The molecule has 0 bridgehead atoms. The summed E-state index contributed by atoms with van der Waals surface area (Å²) < 4.78 is 22.6. The van der Waals surface area contributed by atoms with Crippen LogP contribution in [0.1, 0.15) is 6.92 Å². The molecular weight excluding hydrogens is 325 g/mol. The molecule has 6 nitrogen and oxygen atoms in total. The highest BCUT2D eigenvalue weighted by Crippen LogP contribution is 2.47. The third-order valence-electron chi connectivity index (χ3n) is 2.04. The van der Waals surface area contributed by atoms with Crippen LogP contribution >= 0.6 is 23.5 Å². The van der Waals surface area contributed by atoms with E-state index in [1.54, 1.807) is 6.92 Å². The number of non-ortho nitro benzene ring substituents is 1. The van der Waals surface area contributed by atoms with Crippen LogP contribution < -0.4 is 4.52 Å². The van der Waals surface area contributed by atoms with Crippen molar-refractivity contribution in [3.05, 3.63) is 34.4 Å². The maximum atomic E-state index is 12.1. The van der Waals surface area contributed by atoms with Gasteiger partial charge < -0.3 is 4.52 Å². The molecule has 100 valence electrons. The van der Waals surface area contributed by atoms with Gasteiger partial charge in [0.25, 0.3) is 5.69 Å². The predicted octanol–water partition coefficient (Wildman–Crippen LogP) is 3.60. The van der Waals surface area contributed by atoms with E-state index in [1.165, 1.54) is 24.3 Å². The summed E-state index contributed by atoms with van der Waals surface area (Å²) in [5, 5.41) is 11.0. The minimum Gasteiger partial charge on any atom is -0.424 e. The number of rotatable bonds is 7. The molecule has 0 fully saturated rings. The Morgan fingerprint density at radius 3 is 2.44 bits per heavy atom. The van der Waals surface area contributed by atoms with E-state index in [2.05, 4.69) is 15.9 Å². The van der Waals surface area contributed by atoms with Gasteiger partial charge in [-0.3, -0.25) is 14.6 Å². The van der Waals surface area contributed by atoms with E-state index >= 15 is 0 Å². The highest BCUT2D eigenvalue weighted by molar-refractivity contribution is 9.09. The van der Waals surface area contributed by atoms with Crippen molar-refractivity contribution in [2.24, 2.45) is 0 Å². The molecule has 8 heteroatoms. The number of nitro groups is 1. The van der Waals surface area contributed by atoms with Crippen LogP contribution in [0.4, 0.5) is 5.69 Å². The normalized spacial score (nSPS) is 13.9. The van der Waals surface area contributed by atoms with E-state index in [1.807, 2.05) is 0 Å². The van der Waals surface area contributed by atoms with E-state index in [9.17, 15) is 14.7 Å². The Bertz CT molecular complexity index is 450. The maximum absolute atomic E-state index is 12.1. The average molecular weight is 338 g/mol. The van der Waals surface area contributed by atoms with Crippen molar-refractivity contribution in [1.29, 1.82) is 0 Å². The molecule has 0 N–H and O–H groups in total. The summed E-state index contributed by atoms with van der Waals surface area (Å²) in [6, 6.07) is 5.38. The summed E-state index contributed by atoms with van der Waals surface area (Å²) in [6.45, 7) is 1.97. The molecule has 18 heavy (non-hydrogen) atoms. The Labute approximate surface area is 113 Å². The molecule has 0 spiro atoms. The van der Waals surface area contributed by atoms with Crippen molar-refractivity contribution in [2.45, 2.75) is 6.92 Å². The van der Waals surface area contributed by atoms with Gasteiger partial charge in [-0.1, -0.05) is 22.9 Å². The first-order chi connectivity index (χ1) is 8.50. The number of halogens is 1. The van der Waals surface area contributed by atoms with Crippen LogP contribution in [-0.2, 0) is 9.09 Å². The standard InChI is InChI=1S/C10H13BrNO5P/c1-2-18(15,16-8-7-11)17-10-5-3-9(4-6-10)12(13)14/h3-6H,2,7-8H2,1H3. The summed E-state index contributed by atoms with van der Waals surface area (Å²) in [4.78, 5) is 9.97. The number of alkyl halides is 1. The fourth-order valence-electron chi connectivity index (χ4n) is 1.15. The first-order valence-corrected chi connectivity index (χ1v) is 8.09. The van der Waals surface area contributed by atoms with Gasteiger partial charge in [0, 0.05) is 17.5 Å². The predicted molar refractivity (Wildman–Crippen MR) is 71.6 cm³/mol. The van der Waals surface area contributed by atoms with Crippen LogP contribution in [0.3, 0.4) is 0 Å². The number of hydrogen-bond acceptors (Lipinski definition) is 5. The van der Waals surface area contributed by atoms with Crippen molar-refractivity contribution < 1.29 is 18.5 Å². The molecule has 0 radical (unpaired) electrons. The molecular formula is C10H13BrNO5P. The van der Waals surface area contributed by atoms with Gasteiger partial charge in [0.2, 0.25) is 0 Å². The van der Waals surface area contributed by atoms with Gasteiger partial charge in [-0.05, 0) is 12.1 Å². The van der Waals surface area contributed by atoms with E-state index in [4.69, 9.17) is 9.05 Å². The van der Waals surface area contributed by atoms with Gasteiger partial charge in [-0.15, -0.1) is 0 Å². The molecule has 1 atom stereocenters. The lowest BCUT2D eigenvalue weighted by atomic mass is 10.3. The molecule has 0 heterocycles. The summed E-state index contributed by atoms with van der Waals surface area (Å²) in [7, 11) is -3.18. The molecule has 0 aromatic heterocycles. The largest absolute Gasteiger partial charge is 0.424 e. The minimum atomic E-state index is -3.18. The van der Waals surface area contributed by atoms with Crippen molar-refractivity contribution in [1.82, 2.24) is 0 Å². The van der Waals surface area contributed by atoms with E-state index in [0.29, 0.717) is 11.1 Å². The zero-order valence-corrected chi connectivity index (χ0v) is 12.2. The highest BCUT2D eigenvalue weighted by Gasteiger charge is 2.23. The fourth-order valence-corrected chi connectivity index (χ4v) is 2.73. The Morgan fingerprint density at radius 1 is 1.39 bits per heavy atom. The monoisotopic (exact) mass is 337 g/mol. The number of nitro benzene ring substituents is 1. The van der Waals surface area contributed by atoms with Crippen LogP contribution in [-0.4, -0.2) is 23.0 Å². The highest BCUT2D eigenvalue weighted by atomic mass is 79.9. The van der Waals surface area contributed by atoms with Gasteiger partial charge in [0.1, 0.15) is 5.75 Å². The lowest BCUT2D eigenvalue weighted by Gasteiger charge is -2.17. The Kier molecular flexibility index (Phi) is 5.78. The third-order valence-corrected chi connectivity index (χ3v) is 4.21. The van der Waals surface area contributed by atoms with Gasteiger partial charge in [0.05, 0.1) is 17.7 Å². The second-order valence-corrected chi connectivity index (χ2v) is 6.38. The zero-order valence-electron chi connectivity index (χ0n) is 9.74. The zero-order chi connectivity index (χ0) is 13.6. The lowest BCUT2D eigenvalue weighted by Crippen LogP contribution is -2.02. The van der Waals surface area contributed by atoms with Crippen molar-refractivity contribution in [2.75, 3.05) is 18.1 Å². The number of hydrogen-bond donors (Lipinski definition) is 0. The SMILES string of the molecule is CCP(=O)(OCCBr)Oc1ccc([N+](=O)[O-])cc1. The van der Waals surface area contributed by atoms with Crippen LogP contribution in [0.5, 0.6) is 5.75 Å². The number of nitrogens with zero attached hydrogens (tertiary/aromatic N) is 1. The van der Waals surface area contributed by atoms with Crippen LogP contribution in [0, 0.1) is 10.1 Å². The molecule has 0 amide bonds. The summed E-state index contributed by atoms with van der Waals surface area (Å²) in [5.41, 5.74) is -0.0462. The van der Waals surface area contributed by atoms with E-state index < -0.39 is 12.5 Å². The van der Waals surface area contributed by atoms with E-state index in [0.717, 1.165) is 0 Å². The first kappa shape index (κ1) is 15.1. The van der Waals surface area contributed by atoms with Crippen LogP contribution in [0.2, 0.25) is 0 Å². The van der Waals surface area contributed by atoms with Gasteiger partial charge in [0.15, 0.2) is 0 Å². The number of benzene rings is 1. The van der Waals surface area contributed by atoms with Crippen LogP contribution in [0.25, 0.3) is 0 Å². The van der Waals surface area contributed by atoms with Crippen molar-refractivity contribution in [3.8, 4) is 5.75 Å². The Hall–Kier alpha value is -0.910. The first-order valence-electron chi connectivity index (χ1n) is 5.24. The van der Waals surface area contributed by atoms with Gasteiger partial charge >= 0.3 is 7.60 Å². The van der Waals surface area contributed by atoms with Crippen LogP contribution in [0.15, 0.2) is 24.3 Å². The minimum absolute atomic E-state index is 0.0462. The van der Waals surface area contributed by atoms with Crippen molar-refractivity contribution in [3.63, 3.8) is 0 Å². The molecule has 0 aliphatic carbocycles. The molecule has 1 aromatic rings. The molecule has 0 aliphatic rings. The quantitative estimate of drug-likeness (QED) is 0.328. The average Bonchev–Trinajstić information content (AvgIpc) is 2.37. The smallest absolute Gasteiger partial charge is 0.378 e. The molecule has 0 aliphatic heterocycles. The molecule has 1 aromatic carbocycles. The lowest BCUT2D eigenvalue weighted by molar-refractivity contribution is -0.384. The Morgan fingerprint density at radius 2 is 2.00 bits per heavy atom. The third kappa shape index (κ3) is 4.40. The van der Waals surface area contributed by atoms with Crippen molar-refractivity contribution >= 4 is 29.2 Å². The second-order valence-electron chi connectivity index (χ2n) is 3.29. The fraction of sp³-hybridized carbons (Fsp3) is 0.400. The van der Waals surface area contributed by atoms with Gasteiger partial charge in [-0.25, -0.2) is 4.57 Å². The Balaban J connectivity index is 2.76.